The van der Waals surface area contributed by atoms with E-state index >= 15 is 0 Å². The van der Waals surface area contributed by atoms with Crippen LogP contribution >= 0.6 is 0 Å². The van der Waals surface area contributed by atoms with Gasteiger partial charge >= 0.3 is 5.97 Å². The van der Waals surface area contributed by atoms with Gasteiger partial charge in [-0.1, -0.05) is 34.1 Å². The van der Waals surface area contributed by atoms with Crippen molar-refractivity contribution in [2.75, 3.05) is 0 Å². The number of phenolic OH excluding ortho intramolecular Hbond substituents is 2. The lowest BCUT2D eigenvalue weighted by Crippen LogP contribution is -2.64. The van der Waals surface area contributed by atoms with Crippen LogP contribution in [0.2, 0.25) is 0 Å². The maximum Gasteiger partial charge on any atom is 0.302 e. The normalized spacial score (nSPS) is 35.1. The number of aliphatic hydroxyl groups excluding tert-OH is 1. The fraction of sp³-hybridized carbons (Fsp3) is 0.767. The molecular formula is C30H46O8. The van der Waals surface area contributed by atoms with Gasteiger partial charge in [-0.05, 0) is 58.4 Å². The summed E-state index contributed by atoms with van der Waals surface area (Å²) in [7, 11) is 0. The van der Waals surface area contributed by atoms with E-state index in [1.165, 1.54) is 13.0 Å². The number of rotatable bonds is 6. The Bertz CT molecular complexity index is 1060. The molecule has 1 saturated carbocycles. The summed E-state index contributed by atoms with van der Waals surface area (Å²) >= 11 is 0. The van der Waals surface area contributed by atoms with Crippen molar-refractivity contribution in [2.24, 2.45) is 17.3 Å². The Labute approximate surface area is 226 Å². The van der Waals surface area contributed by atoms with Crippen molar-refractivity contribution in [1.82, 2.24) is 0 Å². The molecule has 2 fully saturated rings. The zero-order valence-corrected chi connectivity index (χ0v) is 24.1. The minimum atomic E-state index is -1.09. The van der Waals surface area contributed by atoms with Crippen LogP contribution in [-0.2, 0) is 14.3 Å². The zero-order valence-electron chi connectivity index (χ0n) is 24.1. The lowest BCUT2D eigenvalue weighted by atomic mass is 9.53. The highest BCUT2D eigenvalue weighted by atomic mass is 16.5. The van der Waals surface area contributed by atoms with Gasteiger partial charge in [-0.25, -0.2) is 0 Å². The number of carbonyl (C=O) groups excluding carboxylic acids is 1. The third-order valence-corrected chi connectivity index (χ3v) is 9.81. The molecule has 0 aromatic heterocycles. The summed E-state index contributed by atoms with van der Waals surface area (Å²) in [5.74, 6) is -1.40. The van der Waals surface area contributed by atoms with E-state index in [4.69, 9.17) is 14.2 Å². The van der Waals surface area contributed by atoms with E-state index in [2.05, 4.69) is 6.92 Å². The van der Waals surface area contributed by atoms with Gasteiger partial charge in [0.25, 0.3) is 0 Å². The first kappa shape index (κ1) is 29.0. The smallest absolute Gasteiger partial charge is 0.302 e. The van der Waals surface area contributed by atoms with Crippen LogP contribution in [0, 0.1) is 17.3 Å². The third-order valence-electron chi connectivity index (χ3n) is 9.81. The summed E-state index contributed by atoms with van der Waals surface area (Å²) in [5, 5.41) is 45.1. The summed E-state index contributed by atoms with van der Waals surface area (Å²) in [6.07, 6.45) is 1.33. The van der Waals surface area contributed by atoms with Crippen LogP contribution in [0.25, 0.3) is 0 Å². The molecule has 2 heterocycles. The van der Waals surface area contributed by atoms with Gasteiger partial charge in [0.15, 0.2) is 11.5 Å². The average molecular weight is 535 g/mol. The standard InChI is InChI=1S/C30H46O8/c1-9-15(2)25(36-17(4)31)16(3)18-14-19(32)22-24(34)27-29(7)12-10-20(28(5,6)35)37-21(29)11-13-30(27,8)38-26(22)23(18)33/h14-16,20-21,24-25,27,32-35H,9-13H2,1-8H3/t15-,16-,20-,21-,24-,25+,27-,29+,30-/m1/s1. The first-order valence-electron chi connectivity index (χ1n) is 14.1. The van der Waals surface area contributed by atoms with E-state index in [-0.39, 0.29) is 40.9 Å². The predicted molar refractivity (Wildman–Crippen MR) is 142 cm³/mol. The number of benzene rings is 1. The average Bonchev–Trinajstić information content (AvgIpc) is 2.81. The first-order chi connectivity index (χ1) is 17.5. The van der Waals surface area contributed by atoms with Crippen molar-refractivity contribution in [3.05, 3.63) is 17.2 Å². The van der Waals surface area contributed by atoms with Gasteiger partial charge in [-0.2, -0.15) is 0 Å². The second-order valence-electron chi connectivity index (χ2n) is 13.0. The Kier molecular flexibility index (Phi) is 7.52. The van der Waals surface area contributed by atoms with Crippen LogP contribution in [-0.4, -0.2) is 55.9 Å². The van der Waals surface area contributed by atoms with Crippen molar-refractivity contribution in [1.29, 1.82) is 0 Å². The maximum atomic E-state index is 11.8. The Morgan fingerprint density at radius 1 is 1.21 bits per heavy atom. The van der Waals surface area contributed by atoms with Gasteiger partial charge in [0.1, 0.15) is 17.5 Å². The molecule has 8 nitrogen and oxygen atoms in total. The molecule has 1 aromatic rings. The van der Waals surface area contributed by atoms with Crippen LogP contribution in [0.5, 0.6) is 17.2 Å². The Morgan fingerprint density at radius 3 is 2.45 bits per heavy atom. The van der Waals surface area contributed by atoms with E-state index in [9.17, 15) is 25.2 Å². The van der Waals surface area contributed by atoms with E-state index in [1.54, 1.807) is 13.8 Å². The minimum Gasteiger partial charge on any atom is -0.507 e. The molecule has 0 spiro atoms. The molecule has 4 N–H and O–H groups in total. The molecule has 8 heteroatoms. The third kappa shape index (κ3) is 4.66. The molecule has 3 aliphatic rings. The van der Waals surface area contributed by atoms with Crippen LogP contribution in [0.4, 0.5) is 0 Å². The van der Waals surface area contributed by atoms with Gasteiger partial charge in [0.05, 0.1) is 29.5 Å². The number of phenols is 2. The molecule has 0 unspecified atom stereocenters. The molecule has 2 aliphatic heterocycles. The number of carbonyl (C=O) groups is 1. The van der Waals surface area contributed by atoms with Crippen molar-refractivity contribution in [2.45, 2.75) is 129 Å². The monoisotopic (exact) mass is 534 g/mol. The molecule has 214 valence electrons. The first-order valence-corrected chi connectivity index (χ1v) is 14.1. The molecule has 4 rings (SSSR count). The van der Waals surface area contributed by atoms with Crippen molar-refractivity contribution >= 4 is 5.97 Å². The number of fused-ring (bicyclic) bond motifs is 4. The summed E-state index contributed by atoms with van der Waals surface area (Å²) < 4.78 is 18.6. The SMILES string of the molecule is CC[C@@H](C)[C@H](OC(C)=O)[C@H](C)c1cc(O)c2c(c1O)O[C@]1(C)CC[C@H]3O[C@@H](C(C)(C)O)CC[C@]3(C)[C@H]1[C@@H]2O. The van der Waals surface area contributed by atoms with E-state index in [0.717, 1.165) is 12.8 Å². The van der Waals surface area contributed by atoms with Gasteiger partial charge < -0.3 is 34.6 Å². The van der Waals surface area contributed by atoms with E-state index < -0.39 is 46.6 Å². The number of ether oxygens (including phenoxy) is 3. The van der Waals surface area contributed by atoms with Crippen molar-refractivity contribution in [3.8, 4) is 17.2 Å². The second kappa shape index (κ2) is 9.86. The Morgan fingerprint density at radius 2 is 1.87 bits per heavy atom. The number of aliphatic hydroxyl groups is 2. The highest BCUT2D eigenvalue weighted by Gasteiger charge is 2.63. The van der Waals surface area contributed by atoms with Gasteiger partial charge in [-0.3, -0.25) is 4.79 Å². The highest BCUT2D eigenvalue weighted by Crippen LogP contribution is 2.64. The highest BCUT2D eigenvalue weighted by molar-refractivity contribution is 5.66. The molecule has 9 atom stereocenters. The molecule has 0 bridgehead atoms. The van der Waals surface area contributed by atoms with Gasteiger partial charge in [0, 0.05) is 29.7 Å². The summed E-state index contributed by atoms with van der Waals surface area (Å²) in [6.45, 7) is 14.8. The van der Waals surface area contributed by atoms with E-state index in [1.807, 2.05) is 27.7 Å². The number of hydrogen-bond donors (Lipinski definition) is 4. The largest absolute Gasteiger partial charge is 0.507 e. The predicted octanol–water partition coefficient (Wildman–Crippen LogP) is 5.10. The number of aromatic hydroxyl groups is 2. The molecule has 38 heavy (non-hydrogen) atoms. The zero-order chi connectivity index (χ0) is 28.4. The van der Waals surface area contributed by atoms with Crippen LogP contribution in [0.3, 0.4) is 0 Å². The van der Waals surface area contributed by atoms with Gasteiger partial charge in [-0.15, -0.1) is 0 Å². The fourth-order valence-corrected chi connectivity index (χ4v) is 7.49. The summed E-state index contributed by atoms with van der Waals surface area (Å²) in [4.78, 5) is 11.8. The molecule has 0 amide bonds. The molecular weight excluding hydrogens is 488 g/mol. The summed E-state index contributed by atoms with van der Waals surface area (Å²) in [5.41, 5.74) is -1.64. The van der Waals surface area contributed by atoms with Crippen LogP contribution in [0.15, 0.2) is 6.07 Å². The second-order valence-corrected chi connectivity index (χ2v) is 13.0. The lowest BCUT2D eigenvalue weighted by molar-refractivity contribution is -0.256. The molecule has 0 radical (unpaired) electrons. The number of hydrogen-bond acceptors (Lipinski definition) is 8. The lowest BCUT2D eigenvalue weighted by Gasteiger charge is -2.61. The molecule has 1 aromatic carbocycles. The Hall–Kier alpha value is -2.03. The van der Waals surface area contributed by atoms with Crippen molar-refractivity contribution < 1.29 is 39.4 Å². The minimum absolute atomic E-state index is 0.0223. The number of esters is 1. The topological polar surface area (TPSA) is 126 Å². The van der Waals surface area contributed by atoms with Gasteiger partial charge in [0.2, 0.25) is 0 Å². The Balaban J connectivity index is 1.74. The quantitative estimate of drug-likeness (QED) is 0.293. The summed E-state index contributed by atoms with van der Waals surface area (Å²) in [6, 6.07) is 1.47. The maximum absolute atomic E-state index is 11.8. The fourth-order valence-electron chi connectivity index (χ4n) is 7.49. The van der Waals surface area contributed by atoms with Crippen LogP contribution < -0.4 is 4.74 Å². The van der Waals surface area contributed by atoms with E-state index in [0.29, 0.717) is 24.8 Å². The molecule has 1 saturated heterocycles. The van der Waals surface area contributed by atoms with Crippen molar-refractivity contribution in [3.63, 3.8) is 0 Å². The molecule has 1 aliphatic carbocycles. The van der Waals surface area contributed by atoms with Crippen LogP contribution in [0.1, 0.15) is 111 Å².